The van der Waals surface area contributed by atoms with Crippen LogP contribution >= 0.6 is 0 Å². The van der Waals surface area contributed by atoms with Gasteiger partial charge < -0.3 is 4.90 Å². The Kier molecular flexibility index (Phi) is 3.81. The van der Waals surface area contributed by atoms with Gasteiger partial charge in [0.25, 0.3) is 5.56 Å². The number of nitrogens with zero attached hydrogens (tertiary/aromatic N) is 4. The molecular formula is C20H21N5O2. The zero-order valence-corrected chi connectivity index (χ0v) is 15.0. The summed E-state index contributed by atoms with van der Waals surface area (Å²) in [4.78, 5) is 31.6. The lowest BCUT2D eigenvalue weighted by atomic mass is 10.1. The Hall–Kier alpha value is -2.96. The highest BCUT2D eigenvalue weighted by atomic mass is 16.2. The van der Waals surface area contributed by atoms with E-state index in [2.05, 4.69) is 15.2 Å². The van der Waals surface area contributed by atoms with Gasteiger partial charge >= 0.3 is 0 Å². The molecule has 1 N–H and O–H groups in total. The maximum atomic E-state index is 12.8. The number of hydrogen-bond acceptors (Lipinski definition) is 4. The van der Waals surface area contributed by atoms with Crippen molar-refractivity contribution in [3.8, 4) is 0 Å². The molecule has 0 saturated heterocycles. The van der Waals surface area contributed by atoms with E-state index in [0.29, 0.717) is 29.9 Å². The maximum absolute atomic E-state index is 12.8. The molecule has 1 saturated carbocycles. The lowest BCUT2D eigenvalue weighted by molar-refractivity contribution is -0.131. The standard InChI is InChI=1S/C20H21N5O2/c26-18(11-25-12-21-16-4-2-1-3-15(16)20(25)27)24-9-7-14-17(8-10-24)22-23-19(14)13-5-6-13/h1-4,12-13H,5-11H2,(H,22,23). The Bertz CT molecular complexity index is 1080. The van der Waals surface area contributed by atoms with Crippen LogP contribution in [0.15, 0.2) is 35.4 Å². The lowest BCUT2D eigenvalue weighted by Gasteiger charge is -2.20. The van der Waals surface area contributed by atoms with E-state index in [4.69, 9.17) is 0 Å². The summed E-state index contributed by atoms with van der Waals surface area (Å²) >= 11 is 0. The molecule has 7 nitrogen and oxygen atoms in total. The minimum atomic E-state index is -0.172. The Morgan fingerprint density at radius 3 is 2.85 bits per heavy atom. The van der Waals surface area contributed by atoms with Gasteiger partial charge in [-0.1, -0.05) is 12.1 Å². The summed E-state index contributed by atoms with van der Waals surface area (Å²) in [6.07, 6.45) is 5.52. The number of hydrogen-bond donors (Lipinski definition) is 1. The van der Waals surface area contributed by atoms with E-state index >= 15 is 0 Å². The number of rotatable bonds is 3. The van der Waals surface area contributed by atoms with E-state index in [-0.39, 0.29) is 18.0 Å². The molecule has 0 unspecified atom stereocenters. The number of H-pyrrole nitrogens is 1. The first-order valence-corrected chi connectivity index (χ1v) is 9.48. The molecular weight excluding hydrogens is 342 g/mol. The number of carbonyl (C=O) groups is 1. The van der Waals surface area contributed by atoms with Crippen LogP contribution in [0.1, 0.15) is 35.7 Å². The van der Waals surface area contributed by atoms with Gasteiger partial charge in [-0.3, -0.25) is 19.3 Å². The van der Waals surface area contributed by atoms with Crippen LogP contribution in [-0.2, 0) is 24.2 Å². The number of fused-ring (bicyclic) bond motifs is 2. The molecule has 3 heterocycles. The van der Waals surface area contributed by atoms with Crippen molar-refractivity contribution in [3.05, 3.63) is 57.9 Å². The van der Waals surface area contributed by atoms with E-state index < -0.39 is 0 Å². The van der Waals surface area contributed by atoms with Crippen LogP contribution in [0.3, 0.4) is 0 Å². The molecule has 0 atom stereocenters. The molecule has 1 aliphatic heterocycles. The number of para-hydroxylation sites is 1. The Labute approximate surface area is 156 Å². The molecule has 27 heavy (non-hydrogen) atoms. The second-order valence-corrected chi connectivity index (χ2v) is 7.42. The van der Waals surface area contributed by atoms with E-state index in [0.717, 1.165) is 18.5 Å². The highest BCUT2D eigenvalue weighted by molar-refractivity contribution is 5.79. The minimum Gasteiger partial charge on any atom is -0.340 e. The second-order valence-electron chi connectivity index (χ2n) is 7.42. The molecule has 1 amide bonds. The fraction of sp³-hybridized carbons (Fsp3) is 0.400. The van der Waals surface area contributed by atoms with Crippen molar-refractivity contribution in [3.63, 3.8) is 0 Å². The molecule has 3 aromatic rings. The van der Waals surface area contributed by atoms with Gasteiger partial charge in [0, 0.05) is 31.1 Å². The first-order valence-electron chi connectivity index (χ1n) is 9.48. The van der Waals surface area contributed by atoms with Gasteiger partial charge in [0.05, 0.1) is 22.9 Å². The Balaban J connectivity index is 1.33. The first kappa shape index (κ1) is 16.2. The number of amides is 1. The normalized spacial score (nSPS) is 17.0. The second kappa shape index (κ2) is 6.33. The largest absolute Gasteiger partial charge is 0.340 e. The highest BCUT2D eigenvalue weighted by Gasteiger charge is 2.31. The number of aromatic nitrogens is 4. The molecule has 0 spiro atoms. The van der Waals surface area contributed by atoms with Crippen LogP contribution in [0, 0.1) is 0 Å². The number of benzene rings is 1. The average molecular weight is 363 g/mol. The number of carbonyl (C=O) groups excluding carboxylic acids is 1. The van der Waals surface area contributed by atoms with E-state index in [1.165, 1.54) is 35.0 Å². The third kappa shape index (κ3) is 2.93. The molecule has 0 bridgehead atoms. The fourth-order valence-corrected chi connectivity index (χ4v) is 3.92. The Morgan fingerprint density at radius 2 is 2.00 bits per heavy atom. The van der Waals surface area contributed by atoms with Crippen molar-refractivity contribution >= 4 is 16.8 Å². The van der Waals surface area contributed by atoms with Gasteiger partial charge in [-0.2, -0.15) is 5.10 Å². The summed E-state index contributed by atoms with van der Waals surface area (Å²) in [6.45, 7) is 1.34. The quantitative estimate of drug-likeness (QED) is 0.766. The summed E-state index contributed by atoms with van der Waals surface area (Å²) in [5.74, 6) is 0.565. The summed E-state index contributed by atoms with van der Waals surface area (Å²) in [7, 11) is 0. The van der Waals surface area contributed by atoms with Gasteiger partial charge in [0.1, 0.15) is 6.54 Å². The van der Waals surface area contributed by atoms with E-state index in [1.54, 1.807) is 12.1 Å². The SMILES string of the molecule is O=C(Cn1cnc2ccccc2c1=O)N1CCc2[nH]nc(C3CC3)c2CC1. The van der Waals surface area contributed by atoms with E-state index in [1.807, 2.05) is 17.0 Å². The van der Waals surface area contributed by atoms with Gasteiger partial charge in [-0.25, -0.2) is 4.98 Å². The van der Waals surface area contributed by atoms with Crippen molar-refractivity contribution in [2.24, 2.45) is 0 Å². The predicted octanol–water partition coefficient (Wildman–Crippen LogP) is 1.62. The molecule has 5 rings (SSSR count). The summed E-state index contributed by atoms with van der Waals surface area (Å²) in [5.41, 5.74) is 4.15. The zero-order chi connectivity index (χ0) is 18.4. The third-order valence-electron chi connectivity index (χ3n) is 5.60. The van der Waals surface area contributed by atoms with Crippen molar-refractivity contribution < 1.29 is 4.79 Å². The lowest BCUT2D eigenvalue weighted by Crippen LogP contribution is -2.38. The van der Waals surface area contributed by atoms with Crippen LogP contribution in [0.4, 0.5) is 0 Å². The minimum absolute atomic E-state index is 0.0261. The topological polar surface area (TPSA) is 83.9 Å². The smallest absolute Gasteiger partial charge is 0.261 e. The van der Waals surface area contributed by atoms with Crippen LogP contribution < -0.4 is 5.56 Å². The molecule has 1 aliphatic carbocycles. The fourth-order valence-electron chi connectivity index (χ4n) is 3.92. The van der Waals surface area contributed by atoms with Crippen LogP contribution in [0.25, 0.3) is 10.9 Å². The van der Waals surface area contributed by atoms with Crippen molar-refractivity contribution in [1.29, 1.82) is 0 Å². The van der Waals surface area contributed by atoms with Crippen LogP contribution in [0.5, 0.6) is 0 Å². The maximum Gasteiger partial charge on any atom is 0.261 e. The third-order valence-corrected chi connectivity index (χ3v) is 5.60. The summed E-state index contributed by atoms with van der Waals surface area (Å²) < 4.78 is 1.41. The van der Waals surface area contributed by atoms with Crippen LogP contribution in [-0.4, -0.2) is 43.6 Å². The van der Waals surface area contributed by atoms with Crippen molar-refractivity contribution in [1.82, 2.24) is 24.6 Å². The molecule has 7 heteroatoms. The van der Waals surface area contributed by atoms with Crippen LogP contribution in [0.2, 0.25) is 0 Å². The zero-order valence-electron chi connectivity index (χ0n) is 15.0. The Morgan fingerprint density at radius 1 is 1.19 bits per heavy atom. The molecule has 2 aliphatic rings. The van der Waals surface area contributed by atoms with Gasteiger partial charge in [0.15, 0.2) is 0 Å². The average Bonchev–Trinajstić information content (AvgIpc) is 3.49. The van der Waals surface area contributed by atoms with E-state index in [9.17, 15) is 9.59 Å². The van der Waals surface area contributed by atoms with Gasteiger partial charge in [-0.05, 0) is 37.0 Å². The number of aromatic amines is 1. The van der Waals surface area contributed by atoms with Gasteiger partial charge in [0.2, 0.25) is 5.91 Å². The molecule has 1 aromatic carbocycles. The van der Waals surface area contributed by atoms with Gasteiger partial charge in [-0.15, -0.1) is 0 Å². The molecule has 2 aromatic heterocycles. The van der Waals surface area contributed by atoms with Crippen molar-refractivity contribution in [2.45, 2.75) is 38.1 Å². The molecule has 1 fully saturated rings. The van der Waals surface area contributed by atoms with Crippen molar-refractivity contribution in [2.75, 3.05) is 13.1 Å². The molecule has 0 radical (unpaired) electrons. The molecule has 138 valence electrons. The highest BCUT2D eigenvalue weighted by Crippen LogP contribution is 2.41. The number of nitrogens with one attached hydrogen (secondary N) is 1. The first-order chi connectivity index (χ1) is 13.2. The summed E-state index contributed by atoms with van der Waals surface area (Å²) in [6, 6.07) is 7.21. The monoisotopic (exact) mass is 363 g/mol. The predicted molar refractivity (Wildman–Crippen MR) is 101 cm³/mol. The summed E-state index contributed by atoms with van der Waals surface area (Å²) in [5, 5.41) is 8.21.